The van der Waals surface area contributed by atoms with E-state index in [1.807, 2.05) is 0 Å². The zero-order valence-electron chi connectivity index (χ0n) is 9.11. The van der Waals surface area contributed by atoms with Crippen LogP contribution < -0.4 is 0 Å². The monoisotopic (exact) mass is 288 g/mol. The van der Waals surface area contributed by atoms with Crippen LogP contribution in [0.15, 0.2) is 12.2 Å². The molecule has 0 bridgehead atoms. The van der Waals surface area contributed by atoms with Gasteiger partial charge in [-0.3, -0.25) is 9.36 Å². The largest absolute Gasteiger partial charge is 0.476 e. The van der Waals surface area contributed by atoms with Gasteiger partial charge in [-0.25, -0.2) is 8.88 Å². The number of carbonyl (C=O) groups excluding carboxylic acids is 1. The quantitative estimate of drug-likeness (QED) is 0.441. The van der Waals surface area contributed by atoms with Crippen LogP contribution >= 0.6 is 15.4 Å². The molecule has 0 aromatic rings. The highest BCUT2D eigenvalue weighted by molar-refractivity contribution is 7.63. The lowest BCUT2D eigenvalue weighted by atomic mass is 10.2. The third-order valence-electron chi connectivity index (χ3n) is 1.25. The Kier molecular flexibility index (Phi) is 6.43. The molecule has 0 aliphatic carbocycles. The standard InChI is InChI=1S/C7H14O8P2/c1-6(2)3-7(8)4-14-5-16(9,10)15-17(11,12)13/h1,3-5H2,2H3,(H,9,10)(H2,11,12,13). The fourth-order valence-electron chi connectivity index (χ4n) is 0.852. The highest BCUT2D eigenvalue weighted by atomic mass is 31.3. The fourth-order valence-corrected chi connectivity index (χ4v) is 2.69. The summed E-state index contributed by atoms with van der Waals surface area (Å²) in [6.45, 7) is 4.67. The SMILES string of the molecule is C=C(C)CC(=O)COCP(=O)(O)OP(=O)(O)O. The average Bonchev–Trinajstić information content (AvgIpc) is 1.95. The Morgan fingerprint density at radius 2 is 1.82 bits per heavy atom. The third kappa shape index (κ3) is 10.5. The molecule has 0 aliphatic rings. The number of hydrogen-bond acceptors (Lipinski definition) is 5. The van der Waals surface area contributed by atoms with Crippen LogP contribution in [0.2, 0.25) is 0 Å². The van der Waals surface area contributed by atoms with E-state index in [-0.39, 0.29) is 12.2 Å². The van der Waals surface area contributed by atoms with Crippen molar-refractivity contribution in [1.29, 1.82) is 0 Å². The van der Waals surface area contributed by atoms with Gasteiger partial charge >= 0.3 is 15.4 Å². The van der Waals surface area contributed by atoms with Crippen molar-refractivity contribution in [2.45, 2.75) is 13.3 Å². The van der Waals surface area contributed by atoms with Crippen molar-refractivity contribution >= 4 is 21.2 Å². The number of allylic oxidation sites excluding steroid dienone is 1. The molecule has 0 saturated carbocycles. The zero-order chi connectivity index (χ0) is 13.7. The van der Waals surface area contributed by atoms with Crippen LogP contribution in [-0.2, 0) is 23.0 Å². The minimum absolute atomic E-state index is 0.0646. The number of hydrogen-bond donors (Lipinski definition) is 3. The lowest BCUT2D eigenvalue weighted by Crippen LogP contribution is -2.10. The fraction of sp³-hybridized carbons (Fsp3) is 0.571. The first kappa shape index (κ1) is 16.7. The van der Waals surface area contributed by atoms with Gasteiger partial charge in [0, 0.05) is 6.42 Å². The Morgan fingerprint density at radius 3 is 2.24 bits per heavy atom. The highest BCUT2D eigenvalue weighted by Crippen LogP contribution is 2.56. The van der Waals surface area contributed by atoms with Crippen molar-refractivity contribution in [3.05, 3.63) is 12.2 Å². The van der Waals surface area contributed by atoms with E-state index >= 15 is 0 Å². The molecule has 0 aromatic carbocycles. The molecule has 0 saturated heterocycles. The van der Waals surface area contributed by atoms with Gasteiger partial charge in [-0.05, 0) is 6.92 Å². The molecule has 1 unspecified atom stereocenters. The molecule has 0 rings (SSSR count). The molecule has 8 nitrogen and oxygen atoms in total. The first-order chi connectivity index (χ1) is 7.52. The smallest absolute Gasteiger partial charge is 0.361 e. The van der Waals surface area contributed by atoms with Gasteiger partial charge in [0.25, 0.3) is 0 Å². The number of carbonyl (C=O) groups is 1. The van der Waals surface area contributed by atoms with Gasteiger partial charge in [-0.15, -0.1) is 0 Å². The highest BCUT2D eigenvalue weighted by Gasteiger charge is 2.30. The first-order valence-electron chi connectivity index (χ1n) is 4.34. The lowest BCUT2D eigenvalue weighted by Gasteiger charge is -2.12. The van der Waals surface area contributed by atoms with E-state index in [1.54, 1.807) is 6.92 Å². The Labute approximate surface area is 98.0 Å². The summed E-state index contributed by atoms with van der Waals surface area (Å²) in [5.74, 6) is -0.367. The Balaban J connectivity index is 4.04. The molecule has 0 heterocycles. The Morgan fingerprint density at radius 1 is 1.29 bits per heavy atom. The number of Topliss-reactive ketones (excluding diaryl/α,β-unsaturated/α-hetero) is 1. The second-order valence-corrected chi connectivity index (χ2v) is 6.53. The van der Waals surface area contributed by atoms with Crippen molar-refractivity contribution in [2.75, 3.05) is 13.0 Å². The molecule has 100 valence electrons. The molecule has 17 heavy (non-hydrogen) atoms. The molecule has 3 N–H and O–H groups in total. The summed E-state index contributed by atoms with van der Waals surface area (Å²) in [7, 11) is -9.63. The van der Waals surface area contributed by atoms with Crippen molar-refractivity contribution < 1.29 is 37.7 Å². The maximum atomic E-state index is 11.1. The summed E-state index contributed by atoms with van der Waals surface area (Å²) in [4.78, 5) is 36.6. The van der Waals surface area contributed by atoms with Crippen LogP contribution in [0.3, 0.4) is 0 Å². The molecule has 0 aliphatic heterocycles. The van der Waals surface area contributed by atoms with E-state index in [9.17, 15) is 13.9 Å². The van der Waals surface area contributed by atoms with E-state index in [0.29, 0.717) is 5.57 Å². The number of ketones is 1. The van der Waals surface area contributed by atoms with Crippen LogP contribution in [0, 0.1) is 0 Å². The summed E-state index contributed by atoms with van der Waals surface area (Å²) >= 11 is 0. The van der Waals surface area contributed by atoms with Crippen LogP contribution in [0.25, 0.3) is 0 Å². The van der Waals surface area contributed by atoms with Crippen LogP contribution in [0.1, 0.15) is 13.3 Å². The predicted octanol–water partition coefficient (Wildman–Crippen LogP) is 0.790. The molecule has 0 spiro atoms. The van der Waals surface area contributed by atoms with Crippen molar-refractivity contribution in [3.63, 3.8) is 0 Å². The second-order valence-electron chi connectivity index (χ2n) is 3.36. The van der Waals surface area contributed by atoms with Gasteiger partial charge in [0.2, 0.25) is 0 Å². The summed E-state index contributed by atoms with van der Waals surface area (Å²) in [5, 5.41) is 0. The van der Waals surface area contributed by atoms with Gasteiger partial charge in [-0.2, -0.15) is 0 Å². The maximum absolute atomic E-state index is 11.1. The van der Waals surface area contributed by atoms with E-state index in [1.165, 1.54) is 0 Å². The minimum Gasteiger partial charge on any atom is -0.361 e. The zero-order valence-corrected chi connectivity index (χ0v) is 10.9. The Bertz CT molecular complexity index is 383. The van der Waals surface area contributed by atoms with Gasteiger partial charge in [0.15, 0.2) is 5.78 Å². The van der Waals surface area contributed by atoms with Crippen molar-refractivity contribution in [1.82, 2.24) is 0 Å². The second kappa shape index (κ2) is 6.56. The minimum atomic E-state index is -5.07. The van der Waals surface area contributed by atoms with Crippen molar-refractivity contribution in [3.8, 4) is 0 Å². The van der Waals surface area contributed by atoms with E-state index in [4.69, 9.17) is 14.7 Å². The van der Waals surface area contributed by atoms with E-state index < -0.39 is 28.4 Å². The van der Waals surface area contributed by atoms with Crippen LogP contribution in [-0.4, -0.2) is 33.4 Å². The lowest BCUT2D eigenvalue weighted by molar-refractivity contribution is -0.122. The third-order valence-corrected chi connectivity index (χ3v) is 3.63. The summed E-state index contributed by atoms with van der Waals surface area (Å²) in [6.07, 6.45) is -0.908. The number of rotatable bonds is 8. The molecular weight excluding hydrogens is 274 g/mol. The first-order valence-corrected chi connectivity index (χ1v) is 7.64. The van der Waals surface area contributed by atoms with Crippen LogP contribution in [0.5, 0.6) is 0 Å². The number of ether oxygens (including phenoxy) is 1. The summed E-state index contributed by atoms with van der Waals surface area (Å²) in [5.41, 5.74) is 0.609. The summed E-state index contributed by atoms with van der Waals surface area (Å²) in [6, 6.07) is 0. The summed E-state index contributed by atoms with van der Waals surface area (Å²) < 4.78 is 29.5. The van der Waals surface area contributed by atoms with Gasteiger partial charge in [0.05, 0.1) is 0 Å². The van der Waals surface area contributed by atoms with Gasteiger partial charge in [0.1, 0.15) is 13.0 Å². The molecule has 0 amide bonds. The normalized spacial score (nSPS) is 15.3. The van der Waals surface area contributed by atoms with E-state index in [0.717, 1.165) is 0 Å². The topological polar surface area (TPSA) is 130 Å². The maximum Gasteiger partial charge on any atom is 0.476 e. The molecule has 0 radical (unpaired) electrons. The predicted molar refractivity (Wildman–Crippen MR) is 58.2 cm³/mol. The molecular formula is C7H14O8P2. The van der Waals surface area contributed by atoms with E-state index in [2.05, 4.69) is 15.6 Å². The molecule has 10 heteroatoms. The van der Waals surface area contributed by atoms with Gasteiger partial charge < -0.3 is 19.4 Å². The molecule has 0 aromatic heterocycles. The van der Waals surface area contributed by atoms with Gasteiger partial charge in [-0.1, -0.05) is 12.2 Å². The number of phosphoric acid groups is 1. The van der Waals surface area contributed by atoms with Crippen molar-refractivity contribution in [2.24, 2.45) is 0 Å². The molecule has 1 atom stereocenters. The van der Waals surface area contributed by atoms with Crippen LogP contribution in [0.4, 0.5) is 0 Å². The molecule has 0 fully saturated rings. The average molecular weight is 288 g/mol. The Hall–Kier alpha value is -0.330.